The molecule has 2 aromatic carbocycles. The van der Waals surface area contributed by atoms with Gasteiger partial charge in [-0.15, -0.1) is 0 Å². The van der Waals surface area contributed by atoms with Crippen molar-refractivity contribution in [3.05, 3.63) is 71.3 Å². The average Bonchev–Trinajstić information content (AvgIpc) is 2.64. The summed E-state index contributed by atoms with van der Waals surface area (Å²) in [5.41, 5.74) is 1.97. The van der Waals surface area contributed by atoms with Gasteiger partial charge in [-0.05, 0) is 18.6 Å². The van der Waals surface area contributed by atoms with Crippen LogP contribution in [-0.4, -0.2) is 32.1 Å². The van der Waals surface area contributed by atoms with Crippen LogP contribution in [0.2, 0.25) is 0 Å². The minimum Gasteiger partial charge on any atom is -0.465 e. The summed E-state index contributed by atoms with van der Waals surface area (Å²) in [5, 5.41) is 0. The Morgan fingerprint density at radius 2 is 1.67 bits per heavy atom. The summed E-state index contributed by atoms with van der Waals surface area (Å²) in [6.07, 6.45) is 0.668. The molecule has 0 heterocycles. The van der Waals surface area contributed by atoms with Gasteiger partial charge in [0.2, 0.25) is 0 Å². The van der Waals surface area contributed by atoms with Gasteiger partial charge < -0.3 is 9.47 Å². The number of carbonyl (C=O) groups excluding carboxylic acids is 2. The fraction of sp³-hybridized carbons (Fsp3) is 0.300. The molecule has 4 nitrogen and oxygen atoms in total. The van der Waals surface area contributed by atoms with E-state index in [1.807, 2.05) is 24.3 Å². The van der Waals surface area contributed by atoms with E-state index in [0.29, 0.717) is 30.8 Å². The Morgan fingerprint density at radius 3 is 2.38 bits per heavy atom. The van der Waals surface area contributed by atoms with Crippen molar-refractivity contribution in [2.75, 3.05) is 20.3 Å². The summed E-state index contributed by atoms with van der Waals surface area (Å²) < 4.78 is 10.2. The van der Waals surface area contributed by atoms with Crippen molar-refractivity contribution in [1.29, 1.82) is 0 Å². The molecule has 2 aromatic rings. The maximum Gasteiger partial charge on any atom is 0.313 e. The molecule has 0 bridgehead atoms. The molecule has 0 fully saturated rings. The zero-order valence-corrected chi connectivity index (χ0v) is 14.0. The molecule has 1 atom stereocenters. The Kier molecular flexibility index (Phi) is 6.70. The first-order valence-electron chi connectivity index (χ1n) is 7.98. The van der Waals surface area contributed by atoms with Crippen molar-refractivity contribution < 1.29 is 19.1 Å². The van der Waals surface area contributed by atoms with Crippen molar-refractivity contribution in [2.45, 2.75) is 19.3 Å². The minimum absolute atomic E-state index is 0.0573. The van der Waals surface area contributed by atoms with Crippen LogP contribution in [-0.2, 0) is 14.3 Å². The van der Waals surface area contributed by atoms with Gasteiger partial charge in [-0.1, -0.05) is 48.5 Å². The zero-order valence-electron chi connectivity index (χ0n) is 14.0. The van der Waals surface area contributed by atoms with Crippen LogP contribution in [0.25, 0.3) is 0 Å². The summed E-state index contributed by atoms with van der Waals surface area (Å²) in [5.74, 6) is -0.774. The Hall–Kier alpha value is -2.46. The molecule has 0 aliphatic heterocycles. The third-order valence-electron chi connectivity index (χ3n) is 3.78. The molecule has 0 aliphatic rings. The van der Waals surface area contributed by atoms with Crippen LogP contribution < -0.4 is 0 Å². The molecule has 4 heteroatoms. The van der Waals surface area contributed by atoms with Gasteiger partial charge in [0, 0.05) is 31.3 Å². The highest BCUT2D eigenvalue weighted by Gasteiger charge is 2.18. The first kappa shape index (κ1) is 17.9. The van der Waals surface area contributed by atoms with Gasteiger partial charge in [-0.3, -0.25) is 9.59 Å². The lowest BCUT2D eigenvalue weighted by Crippen LogP contribution is -2.15. The SMILES string of the molecule is COCCCOC(=O)C(C)c1cccc(C(=O)c2ccccc2)c1. The second kappa shape index (κ2) is 8.99. The number of esters is 1. The van der Waals surface area contributed by atoms with Gasteiger partial charge in [0.1, 0.15) is 0 Å². The number of methoxy groups -OCH3 is 1. The molecule has 24 heavy (non-hydrogen) atoms. The quantitative estimate of drug-likeness (QED) is 0.422. The molecule has 0 radical (unpaired) electrons. The molecule has 126 valence electrons. The Labute approximate surface area is 142 Å². The minimum atomic E-state index is -0.420. The van der Waals surface area contributed by atoms with Gasteiger partial charge in [0.05, 0.1) is 12.5 Å². The average molecular weight is 326 g/mol. The van der Waals surface area contributed by atoms with E-state index in [1.165, 1.54) is 0 Å². The third kappa shape index (κ3) is 4.77. The van der Waals surface area contributed by atoms with Crippen LogP contribution in [0.1, 0.15) is 40.7 Å². The molecule has 2 rings (SSSR count). The molecule has 0 aromatic heterocycles. The highest BCUT2D eigenvalue weighted by atomic mass is 16.5. The number of benzene rings is 2. The highest BCUT2D eigenvalue weighted by molar-refractivity contribution is 6.09. The van der Waals surface area contributed by atoms with Crippen molar-refractivity contribution in [3.8, 4) is 0 Å². The molecule has 0 aliphatic carbocycles. The molecule has 0 spiro atoms. The molecule has 0 saturated heterocycles. The summed E-state index contributed by atoms with van der Waals surface area (Å²) in [7, 11) is 1.61. The van der Waals surface area contributed by atoms with E-state index in [0.717, 1.165) is 5.56 Å². The van der Waals surface area contributed by atoms with Crippen LogP contribution in [0.3, 0.4) is 0 Å². The van der Waals surface area contributed by atoms with Crippen molar-refractivity contribution in [2.24, 2.45) is 0 Å². The Bertz CT molecular complexity index is 679. The summed E-state index contributed by atoms with van der Waals surface area (Å²) in [4.78, 5) is 24.6. The molecule has 0 amide bonds. The van der Waals surface area contributed by atoms with Crippen molar-refractivity contribution in [3.63, 3.8) is 0 Å². The third-order valence-corrected chi connectivity index (χ3v) is 3.78. The Balaban J connectivity index is 2.06. The monoisotopic (exact) mass is 326 g/mol. The first-order valence-corrected chi connectivity index (χ1v) is 7.98. The van der Waals surface area contributed by atoms with Crippen LogP contribution >= 0.6 is 0 Å². The highest BCUT2D eigenvalue weighted by Crippen LogP contribution is 2.20. The van der Waals surface area contributed by atoms with Gasteiger partial charge in [-0.25, -0.2) is 0 Å². The predicted octanol–water partition coefficient (Wildman–Crippen LogP) is 3.60. The summed E-state index contributed by atoms with van der Waals surface area (Å²) >= 11 is 0. The van der Waals surface area contributed by atoms with Crippen LogP contribution in [0, 0.1) is 0 Å². The predicted molar refractivity (Wildman–Crippen MR) is 92.2 cm³/mol. The first-order chi connectivity index (χ1) is 11.6. The molecular formula is C20H22O4. The molecule has 1 unspecified atom stereocenters. The number of hydrogen-bond donors (Lipinski definition) is 0. The van der Waals surface area contributed by atoms with E-state index in [-0.39, 0.29) is 11.8 Å². The van der Waals surface area contributed by atoms with Gasteiger partial charge in [-0.2, -0.15) is 0 Å². The number of ketones is 1. The van der Waals surface area contributed by atoms with Gasteiger partial charge in [0.15, 0.2) is 5.78 Å². The maximum absolute atomic E-state index is 12.5. The van der Waals surface area contributed by atoms with Crippen LogP contribution in [0.4, 0.5) is 0 Å². The zero-order chi connectivity index (χ0) is 17.4. The molecule has 0 N–H and O–H groups in total. The second-order valence-corrected chi connectivity index (χ2v) is 5.56. The van der Waals surface area contributed by atoms with Crippen molar-refractivity contribution >= 4 is 11.8 Å². The van der Waals surface area contributed by atoms with Crippen molar-refractivity contribution in [1.82, 2.24) is 0 Å². The summed E-state index contributed by atoms with van der Waals surface area (Å²) in [6, 6.07) is 16.2. The normalized spacial score (nSPS) is 11.8. The van der Waals surface area contributed by atoms with E-state index in [9.17, 15) is 9.59 Å². The van der Waals surface area contributed by atoms with Gasteiger partial charge >= 0.3 is 5.97 Å². The van der Waals surface area contributed by atoms with E-state index in [4.69, 9.17) is 9.47 Å². The van der Waals surface area contributed by atoms with E-state index in [2.05, 4.69) is 0 Å². The number of ether oxygens (including phenoxy) is 2. The molecular weight excluding hydrogens is 304 g/mol. The van der Waals surface area contributed by atoms with E-state index < -0.39 is 5.92 Å². The lowest BCUT2D eigenvalue weighted by Gasteiger charge is -2.13. The standard InChI is InChI=1S/C20H22O4/c1-15(20(22)24-13-7-12-23-2)17-10-6-11-18(14-17)19(21)16-8-4-3-5-9-16/h3-6,8-11,14-15H,7,12-13H2,1-2H3. The van der Waals surface area contributed by atoms with E-state index >= 15 is 0 Å². The topological polar surface area (TPSA) is 52.6 Å². The number of hydrogen-bond acceptors (Lipinski definition) is 4. The lowest BCUT2D eigenvalue weighted by molar-refractivity contribution is -0.145. The fourth-order valence-corrected chi connectivity index (χ4v) is 2.34. The smallest absolute Gasteiger partial charge is 0.313 e. The fourth-order valence-electron chi connectivity index (χ4n) is 2.34. The summed E-state index contributed by atoms with van der Waals surface area (Å²) in [6.45, 7) is 2.67. The largest absolute Gasteiger partial charge is 0.465 e. The molecule has 0 saturated carbocycles. The van der Waals surface area contributed by atoms with Crippen LogP contribution in [0.15, 0.2) is 54.6 Å². The van der Waals surface area contributed by atoms with Gasteiger partial charge in [0.25, 0.3) is 0 Å². The Morgan fingerprint density at radius 1 is 0.958 bits per heavy atom. The van der Waals surface area contributed by atoms with E-state index in [1.54, 1.807) is 44.4 Å². The maximum atomic E-state index is 12.5. The number of carbonyl (C=O) groups is 2. The lowest BCUT2D eigenvalue weighted by atomic mass is 9.96. The second-order valence-electron chi connectivity index (χ2n) is 5.56. The number of rotatable bonds is 8. The van der Waals surface area contributed by atoms with Crippen LogP contribution in [0.5, 0.6) is 0 Å².